The maximum atomic E-state index is 14.3. The van der Waals surface area contributed by atoms with Crippen LogP contribution >= 0.6 is 11.3 Å². The number of benzene rings is 1. The molecular formula is C29H31N5O7S. The number of hydrogen-bond acceptors (Lipinski definition) is 9. The molecule has 13 heteroatoms. The van der Waals surface area contributed by atoms with Gasteiger partial charge in [-0.2, -0.15) is 10.2 Å². The summed E-state index contributed by atoms with van der Waals surface area (Å²) in [7, 11) is 1.59. The lowest BCUT2D eigenvalue weighted by atomic mass is 10.0. The largest absolute Gasteiger partial charge is 0.496 e. The number of rotatable bonds is 9. The topological polar surface area (TPSA) is 140 Å². The highest BCUT2D eigenvalue weighted by molar-refractivity contribution is 7.21. The molecule has 1 aliphatic carbocycles. The van der Waals surface area contributed by atoms with Gasteiger partial charge in [-0.05, 0) is 51.5 Å². The van der Waals surface area contributed by atoms with E-state index in [-0.39, 0.29) is 43.1 Å². The number of methoxy groups -OCH3 is 1. The number of carbonyl (C=O) groups is 1. The Bertz CT molecular complexity index is 1780. The number of carboxylic acid groups (broad SMARTS) is 1. The molecule has 3 fully saturated rings. The second-order valence-electron chi connectivity index (χ2n) is 11.3. The quantitative estimate of drug-likeness (QED) is 0.310. The molecule has 5 heterocycles. The Kier molecular flexibility index (Phi) is 6.55. The second kappa shape index (κ2) is 10.2. The minimum Gasteiger partial charge on any atom is -0.496 e. The van der Waals surface area contributed by atoms with Crippen LogP contribution in [0.2, 0.25) is 0 Å². The van der Waals surface area contributed by atoms with E-state index < -0.39 is 28.9 Å². The molecule has 3 aliphatic rings. The lowest BCUT2D eigenvalue weighted by Crippen LogP contribution is -2.49. The van der Waals surface area contributed by atoms with Crippen molar-refractivity contribution in [2.24, 2.45) is 0 Å². The minimum atomic E-state index is -1.57. The van der Waals surface area contributed by atoms with Gasteiger partial charge in [0, 0.05) is 11.1 Å². The zero-order chi connectivity index (χ0) is 29.2. The van der Waals surface area contributed by atoms with Crippen LogP contribution < -0.4 is 16.0 Å². The highest BCUT2D eigenvalue weighted by atomic mass is 32.1. The SMILES string of the molecule is COc1ccccc1[C@H](Cn1c(=O)n(C2(C(=O)O)CC2)c(=O)c2c(C)c(-n3nccn3)sc21)OC1C[C@H]2CC[C@@H](C1)O2. The molecule has 2 bridgehead atoms. The summed E-state index contributed by atoms with van der Waals surface area (Å²) < 4.78 is 20.9. The number of carboxylic acids is 1. The summed E-state index contributed by atoms with van der Waals surface area (Å²) in [4.78, 5) is 42.4. The Labute approximate surface area is 244 Å². The number of fused-ring (bicyclic) bond motifs is 3. The molecule has 0 radical (unpaired) electrons. The van der Waals surface area contributed by atoms with E-state index in [1.807, 2.05) is 24.3 Å². The highest BCUT2D eigenvalue weighted by Gasteiger charge is 2.55. The van der Waals surface area contributed by atoms with Crippen LogP contribution in [-0.4, -0.2) is 60.6 Å². The van der Waals surface area contributed by atoms with Crippen molar-refractivity contribution in [3.8, 4) is 10.8 Å². The molecule has 1 N–H and O–H groups in total. The number of aromatic nitrogens is 5. The Morgan fingerprint density at radius 2 is 1.86 bits per heavy atom. The van der Waals surface area contributed by atoms with E-state index >= 15 is 0 Å². The first-order valence-electron chi connectivity index (χ1n) is 14.1. The molecule has 42 heavy (non-hydrogen) atoms. The van der Waals surface area contributed by atoms with Gasteiger partial charge in [0.1, 0.15) is 27.2 Å². The zero-order valence-electron chi connectivity index (χ0n) is 23.3. The number of aryl methyl sites for hydroxylation is 1. The van der Waals surface area contributed by atoms with Crippen molar-refractivity contribution in [2.45, 2.75) is 81.9 Å². The molecule has 1 saturated carbocycles. The smallest absolute Gasteiger partial charge is 0.333 e. The molecule has 1 aromatic carbocycles. The molecule has 1 unspecified atom stereocenters. The number of para-hydroxylation sites is 1. The summed E-state index contributed by atoms with van der Waals surface area (Å²) in [6.07, 6.45) is 6.58. The van der Waals surface area contributed by atoms with Crippen molar-refractivity contribution in [1.82, 2.24) is 24.1 Å². The van der Waals surface area contributed by atoms with E-state index in [2.05, 4.69) is 10.2 Å². The first-order chi connectivity index (χ1) is 20.3. The van der Waals surface area contributed by atoms with Gasteiger partial charge in [0.2, 0.25) is 0 Å². The van der Waals surface area contributed by atoms with Gasteiger partial charge >= 0.3 is 11.7 Å². The molecule has 4 aromatic rings. The van der Waals surface area contributed by atoms with Crippen molar-refractivity contribution in [2.75, 3.05) is 7.11 Å². The monoisotopic (exact) mass is 593 g/mol. The van der Waals surface area contributed by atoms with Gasteiger partial charge in [0.05, 0.1) is 49.7 Å². The molecule has 12 nitrogen and oxygen atoms in total. The first-order valence-corrected chi connectivity index (χ1v) is 15.0. The number of thiophene rings is 1. The summed E-state index contributed by atoms with van der Waals surface area (Å²) in [5.74, 6) is -0.576. The molecule has 3 aromatic heterocycles. The maximum Gasteiger partial charge on any atom is 0.333 e. The lowest BCUT2D eigenvalue weighted by molar-refractivity contribution is -0.142. The molecule has 4 atom stereocenters. The summed E-state index contributed by atoms with van der Waals surface area (Å²) in [6, 6.07) is 7.52. The molecule has 2 aliphatic heterocycles. The fourth-order valence-electron chi connectivity index (χ4n) is 6.50. The Balaban J connectivity index is 1.41. The minimum absolute atomic E-state index is 0.0459. The Hall–Kier alpha value is -3.81. The van der Waals surface area contributed by atoms with Gasteiger partial charge < -0.3 is 19.3 Å². The standard InChI is InChI=1S/C29H31N5O7S/c1-16-23-24(35)33(29(9-10-29)27(36)37)28(38)32(26(23)42-25(16)34-30-11-12-31-34)15-22(20-5-3-4-6-21(20)39-2)41-19-13-17-7-8-18(14-19)40-17/h3-6,11-12,17-19,22H,7-10,13-15H2,1-2H3,(H,36,37)/t17-,18+,19?,22-/m0/s1. The normalized spacial score (nSPS) is 23.2. The third-order valence-corrected chi connectivity index (χ3v) is 10.1. The predicted octanol–water partition coefficient (Wildman–Crippen LogP) is 3.16. The molecule has 2 saturated heterocycles. The van der Waals surface area contributed by atoms with Crippen LogP contribution in [0.25, 0.3) is 15.2 Å². The van der Waals surface area contributed by atoms with Crippen LogP contribution in [0.5, 0.6) is 5.75 Å². The van der Waals surface area contributed by atoms with E-state index in [1.54, 1.807) is 14.0 Å². The van der Waals surface area contributed by atoms with Gasteiger partial charge in [-0.25, -0.2) is 14.2 Å². The number of ether oxygens (including phenoxy) is 3. The van der Waals surface area contributed by atoms with Crippen molar-refractivity contribution in [3.63, 3.8) is 0 Å². The van der Waals surface area contributed by atoms with Gasteiger partial charge in [-0.3, -0.25) is 9.36 Å². The van der Waals surface area contributed by atoms with Crippen LogP contribution in [0.3, 0.4) is 0 Å². The van der Waals surface area contributed by atoms with Crippen molar-refractivity contribution in [3.05, 3.63) is 68.6 Å². The molecule has 0 spiro atoms. The van der Waals surface area contributed by atoms with E-state index in [0.29, 0.717) is 21.1 Å². The maximum absolute atomic E-state index is 14.3. The van der Waals surface area contributed by atoms with E-state index in [0.717, 1.165) is 35.8 Å². The van der Waals surface area contributed by atoms with Gasteiger partial charge in [0.25, 0.3) is 5.56 Å². The number of aliphatic carboxylic acids is 1. The van der Waals surface area contributed by atoms with Crippen LogP contribution in [0.1, 0.15) is 55.8 Å². The predicted molar refractivity (Wildman–Crippen MR) is 153 cm³/mol. The zero-order valence-corrected chi connectivity index (χ0v) is 24.1. The summed E-state index contributed by atoms with van der Waals surface area (Å²) in [6.45, 7) is 1.81. The average molecular weight is 594 g/mol. The third-order valence-electron chi connectivity index (χ3n) is 8.78. The summed E-state index contributed by atoms with van der Waals surface area (Å²) in [5, 5.41) is 19.4. The fraction of sp³-hybridized carbons (Fsp3) is 0.483. The van der Waals surface area contributed by atoms with Crippen molar-refractivity contribution >= 4 is 27.5 Å². The Morgan fingerprint density at radius 3 is 2.50 bits per heavy atom. The first kappa shape index (κ1) is 27.0. The van der Waals surface area contributed by atoms with Crippen LogP contribution in [0.4, 0.5) is 0 Å². The average Bonchev–Trinajstić information content (AvgIpc) is 3.27. The number of hydrogen-bond donors (Lipinski definition) is 1. The highest BCUT2D eigenvalue weighted by Crippen LogP contribution is 2.43. The Morgan fingerprint density at radius 1 is 1.17 bits per heavy atom. The summed E-state index contributed by atoms with van der Waals surface area (Å²) >= 11 is 1.22. The van der Waals surface area contributed by atoms with Gasteiger partial charge in [-0.15, -0.1) is 4.80 Å². The number of nitrogens with zero attached hydrogens (tertiary/aromatic N) is 5. The van der Waals surface area contributed by atoms with Crippen LogP contribution in [-0.2, 0) is 26.4 Å². The van der Waals surface area contributed by atoms with E-state index in [4.69, 9.17) is 14.2 Å². The lowest BCUT2D eigenvalue weighted by Gasteiger charge is -2.32. The van der Waals surface area contributed by atoms with Gasteiger partial charge in [0.15, 0.2) is 0 Å². The van der Waals surface area contributed by atoms with Gasteiger partial charge in [-0.1, -0.05) is 29.5 Å². The van der Waals surface area contributed by atoms with E-state index in [9.17, 15) is 19.5 Å². The molecule has 0 amide bonds. The second-order valence-corrected chi connectivity index (χ2v) is 12.3. The van der Waals surface area contributed by atoms with Crippen LogP contribution in [0, 0.1) is 6.92 Å². The summed E-state index contributed by atoms with van der Waals surface area (Å²) in [5.41, 5.74) is -1.52. The molecule has 7 rings (SSSR count). The fourth-order valence-corrected chi connectivity index (χ4v) is 7.72. The molecular weight excluding hydrogens is 562 g/mol. The van der Waals surface area contributed by atoms with E-state index in [1.165, 1.54) is 33.1 Å². The van der Waals surface area contributed by atoms with Crippen molar-refractivity contribution in [1.29, 1.82) is 0 Å². The third kappa shape index (κ3) is 4.29. The molecule has 220 valence electrons. The van der Waals surface area contributed by atoms with Crippen molar-refractivity contribution < 1.29 is 24.1 Å². The van der Waals surface area contributed by atoms with Crippen LogP contribution in [0.15, 0.2) is 46.2 Å².